The average molecular weight is 223 g/mol. The number of carbonyl (C=O) groups is 1. The van der Waals surface area contributed by atoms with Crippen LogP contribution in [0.15, 0.2) is 0 Å². The van der Waals surface area contributed by atoms with E-state index < -0.39 is 13.0 Å². The van der Waals surface area contributed by atoms with Crippen molar-refractivity contribution in [3.8, 4) is 0 Å². The van der Waals surface area contributed by atoms with Gasteiger partial charge in [-0.3, -0.25) is 4.79 Å². The highest BCUT2D eigenvalue weighted by molar-refractivity contribution is 7.99. The summed E-state index contributed by atoms with van der Waals surface area (Å²) in [7, 11) is 1.45. The van der Waals surface area contributed by atoms with Gasteiger partial charge >= 0.3 is 0 Å². The Labute approximate surface area is 87.0 Å². The summed E-state index contributed by atoms with van der Waals surface area (Å²) >= 11 is 1.73. The predicted molar refractivity (Wildman–Crippen MR) is 53.7 cm³/mol. The van der Waals surface area contributed by atoms with Gasteiger partial charge < -0.3 is 4.90 Å². The second-order valence-electron chi connectivity index (χ2n) is 3.52. The van der Waals surface area contributed by atoms with Crippen molar-refractivity contribution in [2.45, 2.75) is 19.3 Å². The summed E-state index contributed by atoms with van der Waals surface area (Å²) in [6.07, 6.45) is -0.566. The lowest BCUT2D eigenvalue weighted by Crippen LogP contribution is -2.38. The molecule has 1 fully saturated rings. The zero-order valence-corrected chi connectivity index (χ0v) is 9.03. The Kier molecular flexibility index (Phi) is 4.65. The minimum absolute atomic E-state index is 0.0440. The van der Waals surface area contributed by atoms with Crippen molar-refractivity contribution in [1.82, 2.24) is 4.90 Å². The molecule has 1 rings (SSSR count). The lowest BCUT2D eigenvalue weighted by atomic mass is 10.0. The zero-order valence-electron chi connectivity index (χ0n) is 8.21. The Morgan fingerprint density at radius 1 is 1.64 bits per heavy atom. The standard InChI is InChI=1S/C9H15F2NOS/c1-12(5-8(10)11)9(13)7-3-2-4-14-6-7/h7-8H,2-6H2,1H3. The minimum Gasteiger partial charge on any atom is -0.340 e. The first kappa shape index (κ1) is 11.8. The second kappa shape index (κ2) is 5.53. The van der Waals surface area contributed by atoms with Gasteiger partial charge in [-0.1, -0.05) is 0 Å². The first-order valence-electron chi connectivity index (χ1n) is 4.72. The highest BCUT2D eigenvalue weighted by Crippen LogP contribution is 2.24. The van der Waals surface area contributed by atoms with Gasteiger partial charge in [0.1, 0.15) is 0 Å². The topological polar surface area (TPSA) is 20.3 Å². The van der Waals surface area contributed by atoms with E-state index in [0.717, 1.165) is 29.2 Å². The third kappa shape index (κ3) is 3.44. The fraction of sp³-hybridized carbons (Fsp3) is 0.889. The molecule has 14 heavy (non-hydrogen) atoms. The quantitative estimate of drug-likeness (QED) is 0.727. The number of carbonyl (C=O) groups excluding carboxylic acids is 1. The van der Waals surface area contributed by atoms with Crippen LogP contribution in [-0.4, -0.2) is 42.3 Å². The summed E-state index contributed by atoms with van der Waals surface area (Å²) in [5.41, 5.74) is 0. The lowest BCUT2D eigenvalue weighted by Gasteiger charge is -2.25. The van der Waals surface area contributed by atoms with Crippen molar-refractivity contribution in [3.63, 3.8) is 0 Å². The Bertz CT molecular complexity index is 195. The summed E-state index contributed by atoms with van der Waals surface area (Å²) < 4.78 is 24.0. The number of hydrogen-bond donors (Lipinski definition) is 0. The van der Waals surface area contributed by atoms with Crippen LogP contribution in [0.5, 0.6) is 0 Å². The van der Waals surface area contributed by atoms with Crippen molar-refractivity contribution in [1.29, 1.82) is 0 Å². The molecule has 0 radical (unpaired) electrons. The van der Waals surface area contributed by atoms with E-state index >= 15 is 0 Å². The number of nitrogens with zero attached hydrogens (tertiary/aromatic N) is 1. The van der Waals surface area contributed by atoms with E-state index in [0.29, 0.717) is 0 Å². The predicted octanol–water partition coefficient (Wildman–Crippen LogP) is 1.85. The van der Waals surface area contributed by atoms with Crippen LogP contribution in [-0.2, 0) is 4.79 Å². The van der Waals surface area contributed by atoms with E-state index in [1.54, 1.807) is 11.8 Å². The van der Waals surface area contributed by atoms with Gasteiger partial charge in [0, 0.05) is 18.7 Å². The summed E-state index contributed by atoms with van der Waals surface area (Å²) in [5.74, 6) is 1.70. The number of thioether (sulfide) groups is 1. The van der Waals surface area contributed by atoms with Gasteiger partial charge in [0.15, 0.2) is 0 Å². The molecule has 0 aromatic rings. The smallest absolute Gasteiger partial charge is 0.255 e. The molecule has 1 saturated heterocycles. The Balaban J connectivity index is 2.38. The summed E-state index contributed by atoms with van der Waals surface area (Å²) in [6, 6.07) is 0. The second-order valence-corrected chi connectivity index (χ2v) is 4.67. The average Bonchev–Trinajstić information content (AvgIpc) is 2.17. The van der Waals surface area contributed by atoms with Crippen molar-refractivity contribution in [3.05, 3.63) is 0 Å². The maximum Gasteiger partial charge on any atom is 0.255 e. The van der Waals surface area contributed by atoms with Crippen molar-refractivity contribution in [2.24, 2.45) is 5.92 Å². The number of hydrogen-bond acceptors (Lipinski definition) is 2. The normalized spacial score (nSPS) is 22.4. The first-order valence-corrected chi connectivity index (χ1v) is 5.87. The van der Waals surface area contributed by atoms with Gasteiger partial charge in [-0.25, -0.2) is 8.78 Å². The Morgan fingerprint density at radius 2 is 2.36 bits per heavy atom. The number of alkyl halides is 2. The zero-order chi connectivity index (χ0) is 10.6. The maximum atomic E-state index is 12.0. The van der Waals surface area contributed by atoms with Gasteiger partial charge in [-0.05, 0) is 18.6 Å². The Hall–Kier alpha value is -0.320. The van der Waals surface area contributed by atoms with Crippen molar-refractivity contribution >= 4 is 17.7 Å². The SMILES string of the molecule is CN(CC(F)F)C(=O)C1CCCSC1. The maximum absolute atomic E-state index is 12.0. The van der Waals surface area contributed by atoms with Crippen LogP contribution >= 0.6 is 11.8 Å². The number of halogens is 2. The van der Waals surface area contributed by atoms with Gasteiger partial charge in [-0.2, -0.15) is 11.8 Å². The molecule has 5 heteroatoms. The third-order valence-electron chi connectivity index (χ3n) is 2.30. The van der Waals surface area contributed by atoms with E-state index in [-0.39, 0.29) is 11.8 Å². The molecule has 0 N–H and O–H groups in total. The van der Waals surface area contributed by atoms with Crippen LogP contribution in [0.25, 0.3) is 0 Å². The fourth-order valence-corrected chi connectivity index (χ4v) is 2.68. The number of amides is 1. The van der Waals surface area contributed by atoms with Gasteiger partial charge in [0.25, 0.3) is 6.43 Å². The van der Waals surface area contributed by atoms with Crippen molar-refractivity contribution in [2.75, 3.05) is 25.1 Å². The molecule has 0 bridgehead atoms. The van der Waals surface area contributed by atoms with E-state index in [1.807, 2.05) is 0 Å². The molecular formula is C9H15F2NOS. The molecule has 2 nitrogen and oxygen atoms in total. The molecule has 0 aliphatic carbocycles. The van der Waals surface area contributed by atoms with Crippen molar-refractivity contribution < 1.29 is 13.6 Å². The molecular weight excluding hydrogens is 208 g/mol. The van der Waals surface area contributed by atoms with E-state index in [4.69, 9.17) is 0 Å². The largest absolute Gasteiger partial charge is 0.340 e. The van der Waals surface area contributed by atoms with E-state index in [1.165, 1.54) is 7.05 Å². The molecule has 1 unspecified atom stereocenters. The molecule has 1 aliphatic heterocycles. The van der Waals surface area contributed by atoms with E-state index in [2.05, 4.69) is 0 Å². The highest BCUT2D eigenvalue weighted by atomic mass is 32.2. The summed E-state index contributed by atoms with van der Waals surface area (Å²) in [5, 5.41) is 0. The molecule has 1 atom stereocenters. The molecule has 0 aromatic carbocycles. The van der Waals surface area contributed by atoms with Crippen LogP contribution in [0.2, 0.25) is 0 Å². The molecule has 1 aliphatic rings. The van der Waals surface area contributed by atoms with E-state index in [9.17, 15) is 13.6 Å². The van der Waals surface area contributed by atoms with Crippen LogP contribution < -0.4 is 0 Å². The highest BCUT2D eigenvalue weighted by Gasteiger charge is 2.25. The van der Waals surface area contributed by atoms with Gasteiger partial charge in [-0.15, -0.1) is 0 Å². The molecule has 0 spiro atoms. The van der Waals surface area contributed by atoms with Crippen LogP contribution in [0.1, 0.15) is 12.8 Å². The molecule has 0 aromatic heterocycles. The molecule has 1 amide bonds. The first-order chi connectivity index (χ1) is 6.61. The minimum atomic E-state index is -2.43. The Morgan fingerprint density at radius 3 is 2.86 bits per heavy atom. The third-order valence-corrected chi connectivity index (χ3v) is 3.51. The van der Waals surface area contributed by atoms with Crippen LogP contribution in [0.4, 0.5) is 8.78 Å². The number of rotatable bonds is 3. The molecule has 82 valence electrons. The van der Waals surface area contributed by atoms with Gasteiger partial charge in [0.2, 0.25) is 5.91 Å². The summed E-state index contributed by atoms with van der Waals surface area (Å²) in [4.78, 5) is 12.8. The fourth-order valence-electron chi connectivity index (χ4n) is 1.54. The lowest BCUT2D eigenvalue weighted by molar-refractivity contribution is -0.135. The molecule has 1 heterocycles. The van der Waals surface area contributed by atoms with Crippen LogP contribution in [0, 0.1) is 5.92 Å². The van der Waals surface area contributed by atoms with Crippen LogP contribution in [0.3, 0.4) is 0 Å². The van der Waals surface area contributed by atoms with Gasteiger partial charge in [0.05, 0.1) is 6.54 Å². The summed E-state index contributed by atoms with van der Waals surface area (Å²) in [6.45, 7) is -0.444. The monoisotopic (exact) mass is 223 g/mol. The molecule has 0 saturated carbocycles.